The third-order valence-corrected chi connectivity index (χ3v) is 4.05. The average Bonchev–Trinajstić information content (AvgIpc) is 2.79. The molecule has 0 unspecified atom stereocenters. The molecule has 0 bridgehead atoms. The number of pyridine rings is 1. The van der Waals surface area contributed by atoms with Gasteiger partial charge in [-0.15, -0.1) is 11.6 Å². The van der Waals surface area contributed by atoms with E-state index >= 15 is 0 Å². The van der Waals surface area contributed by atoms with Crippen LogP contribution in [0.1, 0.15) is 5.82 Å². The van der Waals surface area contributed by atoms with Crippen molar-refractivity contribution in [3.05, 3.63) is 51.6 Å². The Hall–Kier alpha value is -1.17. The lowest BCUT2D eigenvalue weighted by Gasteiger charge is -2.08. The fraction of sp³-hybridized carbons (Fsp3) is 0.143. The van der Waals surface area contributed by atoms with Gasteiger partial charge in [0.1, 0.15) is 17.2 Å². The normalized spacial score (nSPS) is 11.2. The van der Waals surface area contributed by atoms with E-state index in [0.717, 1.165) is 5.82 Å². The molecular formula is C14H9BrCl2FN3. The van der Waals surface area contributed by atoms with Crippen LogP contribution in [0.5, 0.6) is 0 Å². The van der Waals surface area contributed by atoms with Crippen LogP contribution in [0, 0.1) is 5.82 Å². The molecule has 2 heterocycles. The van der Waals surface area contributed by atoms with Crippen LogP contribution in [-0.2, 0) is 6.42 Å². The Balaban J connectivity index is 2.27. The molecule has 3 rings (SSSR count). The van der Waals surface area contributed by atoms with Crippen molar-refractivity contribution in [1.82, 2.24) is 14.5 Å². The average molecular weight is 389 g/mol. The minimum Gasteiger partial charge on any atom is -0.281 e. The second-order valence-corrected chi connectivity index (χ2v) is 6.07. The molecule has 0 spiro atoms. The van der Waals surface area contributed by atoms with Gasteiger partial charge in [0.25, 0.3) is 0 Å². The van der Waals surface area contributed by atoms with Crippen molar-refractivity contribution < 1.29 is 4.39 Å². The fourth-order valence-electron chi connectivity index (χ4n) is 2.13. The molecule has 0 aliphatic heterocycles. The highest BCUT2D eigenvalue weighted by molar-refractivity contribution is 9.10. The Kier molecular flexibility index (Phi) is 4.15. The monoisotopic (exact) mass is 387 g/mol. The molecule has 0 fully saturated rings. The van der Waals surface area contributed by atoms with Crippen LogP contribution < -0.4 is 0 Å². The summed E-state index contributed by atoms with van der Waals surface area (Å²) in [6.07, 6.45) is 2.09. The lowest BCUT2D eigenvalue weighted by molar-refractivity contribution is 0.619. The van der Waals surface area contributed by atoms with Crippen LogP contribution in [0.25, 0.3) is 16.9 Å². The van der Waals surface area contributed by atoms with Gasteiger partial charge in [0.15, 0.2) is 5.65 Å². The maximum absolute atomic E-state index is 13.8. The number of rotatable bonds is 3. The number of aromatic nitrogens is 3. The van der Waals surface area contributed by atoms with Gasteiger partial charge < -0.3 is 0 Å². The molecule has 0 radical (unpaired) electrons. The van der Waals surface area contributed by atoms with Crippen molar-refractivity contribution in [2.24, 2.45) is 0 Å². The highest BCUT2D eigenvalue weighted by atomic mass is 79.9. The van der Waals surface area contributed by atoms with Gasteiger partial charge in [-0.1, -0.05) is 11.6 Å². The summed E-state index contributed by atoms with van der Waals surface area (Å²) in [6.45, 7) is 0. The fourth-order valence-corrected chi connectivity index (χ4v) is 2.70. The van der Waals surface area contributed by atoms with Gasteiger partial charge in [0.2, 0.25) is 0 Å². The van der Waals surface area contributed by atoms with Gasteiger partial charge in [-0.2, -0.15) is 0 Å². The smallest absolute Gasteiger partial charge is 0.164 e. The molecule has 1 aromatic carbocycles. The molecule has 7 heteroatoms. The molecule has 2 aromatic heterocycles. The van der Waals surface area contributed by atoms with Crippen LogP contribution >= 0.6 is 39.1 Å². The molecule has 3 aromatic rings. The Bertz CT molecular complexity index is 819. The van der Waals surface area contributed by atoms with Gasteiger partial charge in [-0.25, -0.2) is 14.4 Å². The van der Waals surface area contributed by atoms with Crippen LogP contribution in [0.3, 0.4) is 0 Å². The summed E-state index contributed by atoms with van der Waals surface area (Å²) in [4.78, 5) is 8.79. The van der Waals surface area contributed by atoms with Crippen molar-refractivity contribution in [3.8, 4) is 5.69 Å². The number of hydrogen-bond donors (Lipinski definition) is 0. The minimum atomic E-state index is -0.347. The Morgan fingerprint density at radius 2 is 2.10 bits per heavy atom. The van der Waals surface area contributed by atoms with Crippen molar-refractivity contribution >= 4 is 50.3 Å². The number of hydrogen-bond acceptors (Lipinski definition) is 2. The van der Waals surface area contributed by atoms with Crippen LogP contribution in [0.2, 0.25) is 5.02 Å². The van der Waals surface area contributed by atoms with E-state index in [1.807, 2.05) is 0 Å². The van der Waals surface area contributed by atoms with E-state index < -0.39 is 0 Å². The molecule has 108 valence electrons. The lowest BCUT2D eigenvalue weighted by Crippen LogP contribution is -2.03. The maximum Gasteiger partial charge on any atom is 0.164 e. The molecular weight excluding hydrogens is 380 g/mol. The van der Waals surface area contributed by atoms with Crippen molar-refractivity contribution in [1.29, 1.82) is 0 Å². The standard InChI is InChI=1S/C14H9BrCl2FN3/c15-10-2-1-9(6-11(10)18)21-13(3-4-16)20-12-5-8(17)7-19-14(12)21/h1-2,5-7H,3-4H2. The summed E-state index contributed by atoms with van der Waals surface area (Å²) >= 11 is 14.9. The third kappa shape index (κ3) is 2.78. The first-order valence-electron chi connectivity index (χ1n) is 6.14. The first-order valence-corrected chi connectivity index (χ1v) is 7.85. The molecule has 0 aliphatic rings. The number of alkyl halides is 1. The van der Waals surface area contributed by atoms with E-state index in [2.05, 4.69) is 25.9 Å². The lowest BCUT2D eigenvalue weighted by atomic mass is 10.3. The zero-order chi connectivity index (χ0) is 15.0. The molecule has 3 nitrogen and oxygen atoms in total. The van der Waals surface area contributed by atoms with Crippen LogP contribution in [0.15, 0.2) is 34.9 Å². The highest BCUT2D eigenvalue weighted by Crippen LogP contribution is 2.25. The third-order valence-electron chi connectivity index (χ3n) is 3.01. The van der Waals surface area contributed by atoms with Crippen molar-refractivity contribution in [2.45, 2.75) is 6.42 Å². The number of aryl methyl sites for hydroxylation is 1. The summed E-state index contributed by atoms with van der Waals surface area (Å²) < 4.78 is 16.0. The van der Waals surface area contributed by atoms with E-state index in [9.17, 15) is 4.39 Å². The summed E-state index contributed by atoms with van der Waals surface area (Å²) in [7, 11) is 0. The number of benzene rings is 1. The summed E-state index contributed by atoms with van der Waals surface area (Å²) in [5, 5.41) is 0.506. The van der Waals surface area contributed by atoms with E-state index in [-0.39, 0.29) is 5.82 Å². The van der Waals surface area contributed by atoms with Gasteiger partial charge in [-0.05, 0) is 40.2 Å². The van der Waals surface area contributed by atoms with E-state index in [1.54, 1.807) is 29.0 Å². The summed E-state index contributed by atoms with van der Waals surface area (Å²) in [6, 6.07) is 6.60. The molecule has 0 aliphatic carbocycles. The Morgan fingerprint density at radius 3 is 2.81 bits per heavy atom. The van der Waals surface area contributed by atoms with Gasteiger partial charge in [0.05, 0.1) is 15.2 Å². The van der Waals surface area contributed by atoms with Crippen LogP contribution in [0.4, 0.5) is 4.39 Å². The Morgan fingerprint density at radius 1 is 1.29 bits per heavy atom. The molecule has 0 N–H and O–H groups in total. The molecule has 0 amide bonds. The molecule has 0 saturated heterocycles. The number of halogens is 4. The maximum atomic E-state index is 13.8. The Labute approximate surface area is 138 Å². The zero-order valence-corrected chi connectivity index (χ0v) is 13.8. The summed E-state index contributed by atoms with van der Waals surface area (Å²) in [5.41, 5.74) is 1.93. The minimum absolute atomic E-state index is 0.347. The quantitative estimate of drug-likeness (QED) is 0.605. The van der Waals surface area contributed by atoms with Gasteiger partial charge in [-0.3, -0.25) is 4.57 Å². The first kappa shape index (κ1) is 14.8. The number of fused-ring (bicyclic) bond motifs is 1. The molecule has 0 atom stereocenters. The van der Waals surface area contributed by atoms with E-state index in [0.29, 0.717) is 38.6 Å². The second-order valence-electron chi connectivity index (χ2n) is 4.40. The first-order chi connectivity index (χ1) is 10.1. The van der Waals surface area contributed by atoms with Gasteiger partial charge >= 0.3 is 0 Å². The predicted molar refractivity (Wildman–Crippen MR) is 86.0 cm³/mol. The van der Waals surface area contributed by atoms with Crippen molar-refractivity contribution in [2.75, 3.05) is 5.88 Å². The molecule has 0 saturated carbocycles. The SMILES string of the molecule is Fc1cc(-n2c(CCCl)nc3cc(Cl)cnc32)ccc1Br. The molecule has 21 heavy (non-hydrogen) atoms. The highest BCUT2D eigenvalue weighted by Gasteiger charge is 2.14. The topological polar surface area (TPSA) is 30.7 Å². The van der Waals surface area contributed by atoms with Crippen LogP contribution in [-0.4, -0.2) is 20.4 Å². The zero-order valence-electron chi connectivity index (χ0n) is 10.7. The number of imidazole rings is 1. The largest absolute Gasteiger partial charge is 0.281 e. The predicted octanol–water partition coefficient (Wildman–Crippen LogP) is 4.76. The van der Waals surface area contributed by atoms with E-state index in [4.69, 9.17) is 23.2 Å². The van der Waals surface area contributed by atoms with Gasteiger partial charge in [0, 0.05) is 18.5 Å². The second kappa shape index (κ2) is 5.91. The number of nitrogens with zero attached hydrogens (tertiary/aromatic N) is 3. The van der Waals surface area contributed by atoms with E-state index in [1.165, 1.54) is 6.07 Å². The van der Waals surface area contributed by atoms with Crippen molar-refractivity contribution in [3.63, 3.8) is 0 Å². The summed E-state index contributed by atoms with van der Waals surface area (Å²) in [5.74, 6) is 0.785.